The molecule has 0 heterocycles. The van der Waals surface area contributed by atoms with Crippen molar-refractivity contribution in [2.45, 2.75) is 49.8 Å². The molecule has 1 fully saturated rings. The zero-order valence-corrected chi connectivity index (χ0v) is 12.2. The summed E-state index contributed by atoms with van der Waals surface area (Å²) in [5.74, 6) is -0.465. The minimum Gasteiger partial charge on any atom is -0.480 e. The second-order valence-electron chi connectivity index (χ2n) is 4.60. The van der Waals surface area contributed by atoms with E-state index in [1.807, 2.05) is 6.26 Å². The second-order valence-corrected chi connectivity index (χ2v) is 7.57. The third-order valence-corrected chi connectivity index (χ3v) is 5.81. The zero-order chi connectivity index (χ0) is 13.6. The first-order valence-electron chi connectivity index (χ1n) is 6.20. The Bertz CT molecular complexity index is 363. The Morgan fingerprint density at radius 1 is 1.39 bits per heavy atom. The van der Waals surface area contributed by atoms with Crippen LogP contribution in [0.2, 0.25) is 0 Å². The first kappa shape index (κ1) is 15.8. The number of carbonyl (C=O) groups is 1. The summed E-state index contributed by atoms with van der Waals surface area (Å²) in [6, 6.07) is -0.996. The van der Waals surface area contributed by atoms with Gasteiger partial charge in [-0.1, -0.05) is 19.3 Å². The molecule has 0 amide bonds. The third kappa shape index (κ3) is 4.78. The Balaban J connectivity index is 2.62. The predicted octanol–water partition coefficient (Wildman–Crippen LogP) is 1.44. The molecular weight excluding hydrogens is 274 g/mol. The predicted molar refractivity (Wildman–Crippen MR) is 73.4 cm³/mol. The highest BCUT2D eigenvalue weighted by molar-refractivity contribution is 7.98. The fourth-order valence-electron chi connectivity index (χ4n) is 2.14. The number of aliphatic carboxylic acids is 1. The summed E-state index contributed by atoms with van der Waals surface area (Å²) in [4.78, 5) is 11.0. The molecular formula is C11H21NO4S2. The maximum absolute atomic E-state index is 12.1. The fraction of sp³-hybridized carbons (Fsp3) is 0.909. The molecule has 106 valence electrons. The minimum atomic E-state index is -3.50. The lowest BCUT2D eigenvalue weighted by molar-refractivity contribution is -0.139. The normalized spacial score (nSPS) is 19.6. The lowest BCUT2D eigenvalue weighted by Crippen LogP contribution is -2.45. The van der Waals surface area contributed by atoms with Gasteiger partial charge in [0.2, 0.25) is 10.0 Å². The Morgan fingerprint density at radius 2 is 2.00 bits per heavy atom. The Morgan fingerprint density at radius 3 is 2.50 bits per heavy atom. The van der Waals surface area contributed by atoms with E-state index < -0.39 is 27.3 Å². The molecule has 0 aromatic heterocycles. The van der Waals surface area contributed by atoms with Gasteiger partial charge in [-0.15, -0.1) is 0 Å². The van der Waals surface area contributed by atoms with Gasteiger partial charge in [0.05, 0.1) is 5.25 Å². The van der Waals surface area contributed by atoms with Crippen LogP contribution in [0, 0.1) is 0 Å². The SMILES string of the molecule is CSCCC(NS(=O)(=O)C1CCCCC1)C(=O)O. The number of nitrogens with one attached hydrogen (secondary N) is 1. The van der Waals surface area contributed by atoms with Crippen LogP contribution in [0.1, 0.15) is 38.5 Å². The van der Waals surface area contributed by atoms with Gasteiger partial charge in [0.15, 0.2) is 0 Å². The summed E-state index contributed by atoms with van der Waals surface area (Å²) >= 11 is 1.51. The van der Waals surface area contributed by atoms with Gasteiger partial charge in [-0.2, -0.15) is 11.8 Å². The van der Waals surface area contributed by atoms with Gasteiger partial charge >= 0.3 is 5.97 Å². The highest BCUT2D eigenvalue weighted by Crippen LogP contribution is 2.23. The Hall–Kier alpha value is -0.270. The van der Waals surface area contributed by atoms with Crippen molar-refractivity contribution in [1.29, 1.82) is 0 Å². The Kier molecular flexibility index (Phi) is 6.45. The lowest BCUT2D eigenvalue weighted by atomic mass is 10.0. The number of carboxylic acids is 1. The van der Waals surface area contributed by atoms with Gasteiger partial charge in [-0.3, -0.25) is 4.79 Å². The molecule has 0 aromatic carbocycles. The summed E-state index contributed by atoms with van der Waals surface area (Å²) in [7, 11) is -3.50. The molecule has 0 aromatic rings. The van der Waals surface area contributed by atoms with Crippen molar-refractivity contribution in [1.82, 2.24) is 4.72 Å². The topological polar surface area (TPSA) is 83.5 Å². The van der Waals surface area contributed by atoms with E-state index in [2.05, 4.69) is 4.72 Å². The molecule has 0 bridgehead atoms. The first-order valence-corrected chi connectivity index (χ1v) is 9.14. The van der Waals surface area contributed by atoms with E-state index in [1.165, 1.54) is 11.8 Å². The molecule has 0 aliphatic heterocycles. The van der Waals surface area contributed by atoms with Crippen LogP contribution in [-0.2, 0) is 14.8 Å². The lowest BCUT2D eigenvalue weighted by Gasteiger charge is -2.24. The van der Waals surface area contributed by atoms with Gasteiger partial charge in [0.1, 0.15) is 6.04 Å². The molecule has 0 saturated heterocycles. The van der Waals surface area contributed by atoms with Crippen LogP contribution in [0.15, 0.2) is 0 Å². The van der Waals surface area contributed by atoms with Crippen LogP contribution < -0.4 is 4.72 Å². The number of sulfonamides is 1. The highest BCUT2D eigenvalue weighted by Gasteiger charge is 2.31. The molecule has 18 heavy (non-hydrogen) atoms. The van der Waals surface area contributed by atoms with Crippen molar-refractivity contribution in [3.05, 3.63) is 0 Å². The molecule has 1 aliphatic carbocycles. The zero-order valence-electron chi connectivity index (χ0n) is 10.6. The monoisotopic (exact) mass is 295 g/mol. The smallest absolute Gasteiger partial charge is 0.321 e. The average Bonchev–Trinajstić information content (AvgIpc) is 2.35. The highest BCUT2D eigenvalue weighted by atomic mass is 32.2. The molecule has 1 aliphatic rings. The van der Waals surface area contributed by atoms with Crippen LogP contribution in [0.4, 0.5) is 0 Å². The van der Waals surface area contributed by atoms with Crippen molar-refractivity contribution < 1.29 is 18.3 Å². The number of rotatable bonds is 7. The van der Waals surface area contributed by atoms with Crippen LogP contribution in [0.3, 0.4) is 0 Å². The summed E-state index contributed by atoms with van der Waals surface area (Å²) in [6.07, 6.45) is 6.37. The Labute approximate surface area is 113 Å². The van der Waals surface area contributed by atoms with Gasteiger partial charge in [0.25, 0.3) is 0 Å². The molecule has 7 heteroatoms. The minimum absolute atomic E-state index is 0.322. The summed E-state index contributed by atoms with van der Waals surface area (Å²) in [5.41, 5.74) is 0. The van der Waals surface area contributed by atoms with Gasteiger partial charge in [-0.25, -0.2) is 13.1 Å². The quantitative estimate of drug-likeness (QED) is 0.742. The number of hydrogen-bond donors (Lipinski definition) is 2. The van der Waals surface area contributed by atoms with E-state index in [-0.39, 0.29) is 0 Å². The van der Waals surface area contributed by atoms with E-state index in [0.717, 1.165) is 19.3 Å². The van der Waals surface area contributed by atoms with Crippen molar-refractivity contribution >= 4 is 27.8 Å². The van der Waals surface area contributed by atoms with E-state index in [4.69, 9.17) is 5.11 Å². The van der Waals surface area contributed by atoms with E-state index in [0.29, 0.717) is 25.0 Å². The maximum atomic E-state index is 12.1. The molecule has 1 atom stereocenters. The van der Waals surface area contributed by atoms with Gasteiger partial charge in [-0.05, 0) is 31.3 Å². The molecule has 0 radical (unpaired) electrons. The number of thioether (sulfide) groups is 1. The standard InChI is InChI=1S/C11H21NO4S2/c1-17-8-7-10(11(13)14)12-18(15,16)9-5-3-2-4-6-9/h9-10,12H,2-8H2,1H3,(H,13,14). The van der Waals surface area contributed by atoms with Crippen molar-refractivity contribution in [3.8, 4) is 0 Å². The van der Waals surface area contributed by atoms with Crippen LogP contribution in [0.5, 0.6) is 0 Å². The van der Waals surface area contributed by atoms with Crippen molar-refractivity contribution in [3.63, 3.8) is 0 Å². The van der Waals surface area contributed by atoms with E-state index in [1.54, 1.807) is 0 Å². The molecule has 1 rings (SSSR count). The third-order valence-electron chi connectivity index (χ3n) is 3.21. The van der Waals surface area contributed by atoms with Crippen molar-refractivity contribution in [2.75, 3.05) is 12.0 Å². The number of carboxylic acid groups (broad SMARTS) is 1. The average molecular weight is 295 g/mol. The molecule has 5 nitrogen and oxygen atoms in total. The van der Waals surface area contributed by atoms with Gasteiger partial charge in [0, 0.05) is 0 Å². The van der Waals surface area contributed by atoms with Gasteiger partial charge < -0.3 is 5.11 Å². The molecule has 1 unspecified atom stereocenters. The maximum Gasteiger partial charge on any atom is 0.321 e. The second kappa shape index (κ2) is 7.35. The first-order chi connectivity index (χ1) is 8.47. The summed E-state index contributed by atoms with van der Waals surface area (Å²) in [5, 5.41) is 8.61. The summed E-state index contributed by atoms with van der Waals surface area (Å²) < 4.78 is 26.5. The van der Waals surface area contributed by atoms with Crippen LogP contribution in [0.25, 0.3) is 0 Å². The van der Waals surface area contributed by atoms with Crippen molar-refractivity contribution in [2.24, 2.45) is 0 Å². The molecule has 2 N–H and O–H groups in total. The van der Waals surface area contributed by atoms with Crippen LogP contribution >= 0.6 is 11.8 Å². The van der Waals surface area contributed by atoms with E-state index in [9.17, 15) is 13.2 Å². The van der Waals surface area contributed by atoms with Crippen LogP contribution in [-0.4, -0.2) is 42.8 Å². The summed E-state index contributed by atoms with van der Waals surface area (Å²) in [6.45, 7) is 0. The number of hydrogen-bond acceptors (Lipinski definition) is 4. The fourth-order valence-corrected chi connectivity index (χ4v) is 4.37. The largest absolute Gasteiger partial charge is 0.480 e. The molecule has 0 spiro atoms. The van der Waals surface area contributed by atoms with E-state index >= 15 is 0 Å². The molecule has 1 saturated carbocycles.